The number of halogens is 1. The molecular weight excluding hydrogens is 539 g/mol. The van der Waals surface area contributed by atoms with E-state index in [1.165, 1.54) is 25.3 Å². The third kappa shape index (κ3) is 6.64. The van der Waals surface area contributed by atoms with Crippen LogP contribution in [0.5, 0.6) is 5.75 Å². The first-order valence-corrected chi connectivity index (χ1v) is 14.5. The Hall–Kier alpha value is -3.44. The van der Waals surface area contributed by atoms with Crippen LogP contribution in [0.15, 0.2) is 41.3 Å². The number of esters is 1. The summed E-state index contributed by atoms with van der Waals surface area (Å²) in [6, 6.07) is 6.68. The number of anilines is 1. The molecule has 3 aliphatic rings. The Labute approximate surface area is 234 Å². The molecule has 2 aliphatic heterocycles. The van der Waals surface area contributed by atoms with Gasteiger partial charge in [-0.25, -0.2) is 17.6 Å². The number of methoxy groups -OCH3 is 2. The van der Waals surface area contributed by atoms with Crippen LogP contribution in [-0.4, -0.2) is 65.2 Å². The minimum atomic E-state index is -4.20. The molecule has 1 amide bonds. The van der Waals surface area contributed by atoms with E-state index >= 15 is 0 Å². The van der Waals surface area contributed by atoms with Crippen LogP contribution in [0, 0.1) is 17.7 Å². The molecule has 9 nitrogen and oxygen atoms in total. The number of ether oxygens (including phenoxy) is 3. The molecule has 2 unspecified atom stereocenters. The number of hydrogen-bond donors (Lipinski definition) is 1. The average molecular weight is 575 g/mol. The van der Waals surface area contributed by atoms with Gasteiger partial charge in [-0.15, -0.1) is 0 Å². The number of nitrogens with zero attached hydrogens (tertiary/aromatic N) is 1. The van der Waals surface area contributed by atoms with E-state index < -0.39 is 21.8 Å². The van der Waals surface area contributed by atoms with E-state index in [2.05, 4.69) is 4.72 Å². The average Bonchev–Trinajstić information content (AvgIpc) is 3.67. The maximum atomic E-state index is 14.0. The Kier molecular flexibility index (Phi) is 8.55. The molecule has 11 heteroatoms. The molecule has 1 N–H and O–H groups in total. The monoisotopic (exact) mass is 574 g/mol. The van der Waals surface area contributed by atoms with Gasteiger partial charge in [-0.1, -0.05) is 18.2 Å². The summed E-state index contributed by atoms with van der Waals surface area (Å²) in [7, 11) is -1.28. The second-order valence-electron chi connectivity index (χ2n) is 11.1. The van der Waals surface area contributed by atoms with Gasteiger partial charge in [-0.05, 0) is 68.5 Å². The number of rotatable bonds is 7. The highest BCUT2D eigenvalue weighted by atomic mass is 32.2. The van der Waals surface area contributed by atoms with E-state index in [1.54, 1.807) is 24.2 Å². The molecule has 40 heavy (non-hydrogen) atoms. The molecular formula is C29H35FN2O7S. The van der Waals surface area contributed by atoms with Crippen molar-refractivity contribution in [2.75, 3.05) is 38.6 Å². The Balaban J connectivity index is 0.000000557. The molecule has 5 rings (SSSR count). The summed E-state index contributed by atoms with van der Waals surface area (Å²) in [4.78, 5) is 24.8. The Morgan fingerprint density at radius 1 is 1.18 bits per heavy atom. The fourth-order valence-electron chi connectivity index (χ4n) is 4.53. The second-order valence-corrected chi connectivity index (χ2v) is 12.7. The summed E-state index contributed by atoms with van der Waals surface area (Å²) in [5.74, 6) is -0.172. The SMILES string of the molecule is COC(=O)c1c(NS(=O)(=O)c2ccc(F)cc2/C=C\C2CN(C=O)C2)ccc2c1OCC1CC21.COC(C)(C)C. The minimum Gasteiger partial charge on any atom is -0.492 e. The zero-order valence-corrected chi connectivity index (χ0v) is 24.1. The van der Waals surface area contributed by atoms with E-state index in [9.17, 15) is 22.4 Å². The van der Waals surface area contributed by atoms with Crippen molar-refractivity contribution in [3.8, 4) is 5.75 Å². The van der Waals surface area contributed by atoms with Crippen molar-refractivity contribution < 1.29 is 36.6 Å². The van der Waals surface area contributed by atoms with Gasteiger partial charge in [0.1, 0.15) is 17.1 Å². The van der Waals surface area contributed by atoms with E-state index in [0.717, 1.165) is 30.5 Å². The first kappa shape index (κ1) is 29.5. The number of likely N-dealkylation sites (tertiary alicyclic amines) is 1. The second kappa shape index (κ2) is 11.6. The van der Waals surface area contributed by atoms with E-state index in [-0.39, 0.29) is 33.2 Å². The molecule has 2 aromatic carbocycles. The van der Waals surface area contributed by atoms with E-state index in [0.29, 0.717) is 37.3 Å². The van der Waals surface area contributed by atoms with Gasteiger partial charge in [-0.3, -0.25) is 9.52 Å². The van der Waals surface area contributed by atoms with Gasteiger partial charge in [-0.2, -0.15) is 0 Å². The van der Waals surface area contributed by atoms with Crippen molar-refractivity contribution in [3.63, 3.8) is 0 Å². The van der Waals surface area contributed by atoms with Gasteiger partial charge in [0, 0.05) is 32.0 Å². The highest BCUT2D eigenvalue weighted by Gasteiger charge is 2.45. The van der Waals surface area contributed by atoms with Gasteiger partial charge in [0.25, 0.3) is 10.0 Å². The Bertz CT molecular complexity index is 1410. The zero-order chi connectivity index (χ0) is 29.2. The van der Waals surface area contributed by atoms with Crippen LogP contribution < -0.4 is 9.46 Å². The van der Waals surface area contributed by atoms with Crippen molar-refractivity contribution >= 4 is 34.2 Å². The molecule has 0 aromatic heterocycles. The highest BCUT2D eigenvalue weighted by Crippen LogP contribution is 2.55. The lowest BCUT2D eigenvalue weighted by atomic mass is 9.99. The number of carbonyl (C=O) groups excluding carboxylic acids is 2. The molecule has 0 spiro atoms. The largest absolute Gasteiger partial charge is 0.492 e. The van der Waals surface area contributed by atoms with Gasteiger partial charge < -0.3 is 19.1 Å². The molecule has 2 aromatic rings. The zero-order valence-electron chi connectivity index (χ0n) is 23.3. The van der Waals surface area contributed by atoms with Crippen LogP contribution in [0.4, 0.5) is 10.1 Å². The number of hydrogen-bond acceptors (Lipinski definition) is 7. The van der Waals surface area contributed by atoms with Crippen LogP contribution in [0.25, 0.3) is 6.08 Å². The molecule has 2 atom stereocenters. The standard InChI is InChI=1S/C24H23FN2O6S.C5H12O/c1-32-24(29)22-20(6-5-18-19-9-16(19)12-33-23(18)22)26-34(30,31)21-7-4-17(25)8-15(21)3-2-14-10-27(11-14)13-28;1-5(2,3)6-4/h2-8,13-14,16,19,26H,9-12H2,1H3;1-4H3/b3-2-;. The lowest BCUT2D eigenvalue weighted by Gasteiger charge is -2.34. The molecule has 1 aliphatic carbocycles. The normalized spacial score (nSPS) is 19.8. The number of nitrogens with one attached hydrogen (secondary N) is 1. The van der Waals surface area contributed by atoms with Gasteiger partial charge in [0.05, 0.1) is 29.9 Å². The summed E-state index contributed by atoms with van der Waals surface area (Å²) >= 11 is 0. The van der Waals surface area contributed by atoms with Gasteiger partial charge in [0.15, 0.2) is 0 Å². The quantitative estimate of drug-likeness (QED) is 0.384. The fraction of sp³-hybridized carbons (Fsp3) is 0.448. The highest BCUT2D eigenvalue weighted by molar-refractivity contribution is 7.92. The lowest BCUT2D eigenvalue weighted by Crippen LogP contribution is -2.44. The van der Waals surface area contributed by atoms with Crippen molar-refractivity contribution in [2.45, 2.75) is 43.6 Å². The Morgan fingerprint density at radius 2 is 1.88 bits per heavy atom. The molecule has 0 bridgehead atoms. The molecule has 0 radical (unpaired) electrons. The predicted molar refractivity (Wildman–Crippen MR) is 148 cm³/mol. The maximum Gasteiger partial charge on any atom is 0.343 e. The van der Waals surface area contributed by atoms with Crippen molar-refractivity contribution in [2.24, 2.45) is 11.8 Å². The lowest BCUT2D eigenvalue weighted by molar-refractivity contribution is -0.122. The van der Waals surface area contributed by atoms with Gasteiger partial charge in [0.2, 0.25) is 6.41 Å². The van der Waals surface area contributed by atoms with Crippen LogP contribution in [0.2, 0.25) is 0 Å². The van der Waals surface area contributed by atoms with E-state index in [4.69, 9.17) is 14.2 Å². The minimum absolute atomic E-state index is 0.0246. The topological polar surface area (TPSA) is 111 Å². The summed E-state index contributed by atoms with van der Waals surface area (Å²) in [5.41, 5.74) is 1.13. The van der Waals surface area contributed by atoms with Crippen LogP contribution in [-0.2, 0) is 24.3 Å². The molecule has 2 heterocycles. The number of carbonyl (C=O) groups is 2. The number of sulfonamides is 1. The third-order valence-corrected chi connectivity index (χ3v) is 8.53. The third-order valence-electron chi connectivity index (χ3n) is 7.09. The maximum absolute atomic E-state index is 14.0. The number of fused-ring (bicyclic) bond motifs is 3. The predicted octanol–water partition coefficient (Wildman–Crippen LogP) is 4.44. The number of benzene rings is 2. The van der Waals surface area contributed by atoms with Crippen molar-refractivity contribution in [1.82, 2.24) is 4.90 Å². The van der Waals surface area contributed by atoms with Crippen molar-refractivity contribution in [1.29, 1.82) is 0 Å². The Morgan fingerprint density at radius 3 is 2.50 bits per heavy atom. The van der Waals surface area contributed by atoms with Crippen LogP contribution in [0.3, 0.4) is 0 Å². The van der Waals surface area contributed by atoms with E-state index in [1.807, 2.05) is 20.8 Å². The summed E-state index contributed by atoms with van der Waals surface area (Å²) in [5, 5.41) is 0. The van der Waals surface area contributed by atoms with Crippen LogP contribution in [0.1, 0.15) is 54.6 Å². The van der Waals surface area contributed by atoms with Gasteiger partial charge >= 0.3 is 5.97 Å². The summed E-state index contributed by atoms with van der Waals surface area (Å²) in [6.07, 6.45) is 5.01. The molecule has 2 fully saturated rings. The number of amides is 1. The molecule has 1 saturated carbocycles. The van der Waals surface area contributed by atoms with Crippen molar-refractivity contribution in [3.05, 3.63) is 58.9 Å². The smallest absolute Gasteiger partial charge is 0.343 e. The summed E-state index contributed by atoms with van der Waals surface area (Å²) in [6.45, 7) is 7.57. The molecule has 216 valence electrons. The first-order valence-electron chi connectivity index (χ1n) is 13.0. The molecule has 1 saturated heterocycles. The van der Waals surface area contributed by atoms with Crippen LogP contribution >= 0.6 is 0 Å². The fourth-order valence-corrected chi connectivity index (χ4v) is 5.78. The first-order chi connectivity index (χ1) is 18.9. The summed E-state index contributed by atoms with van der Waals surface area (Å²) < 4.78 is 58.8.